The molecule has 0 spiro atoms. The number of unbranched alkanes of at least 4 members (excludes halogenated alkanes) is 6. The molecule has 8 amide bonds. The number of benzene rings is 4. The third-order valence-electron chi connectivity index (χ3n) is 23.7. The molecule has 1 fully saturated rings. The van der Waals surface area contributed by atoms with Crippen molar-refractivity contribution >= 4 is 144 Å². The highest BCUT2D eigenvalue weighted by Crippen LogP contribution is 2.52. The van der Waals surface area contributed by atoms with E-state index in [4.69, 9.17) is 15.3 Å². The van der Waals surface area contributed by atoms with E-state index in [2.05, 4.69) is 89.5 Å². The molecule has 4 aromatic carbocycles. The molecule has 1 aromatic heterocycles. The number of hydrogen-bond donors (Lipinski definition) is 13. The van der Waals surface area contributed by atoms with Crippen molar-refractivity contribution in [3.05, 3.63) is 155 Å². The third kappa shape index (κ3) is 35.3. The van der Waals surface area contributed by atoms with Crippen LogP contribution in [0.15, 0.2) is 130 Å². The number of imide groups is 1. The van der Waals surface area contributed by atoms with Crippen LogP contribution in [-0.2, 0) is 116 Å². The van der Waals surface area contributed by atoms with Crippen molar-refractivity contribution in [3.63, 3.8) is 0 Å². The Morgan fingerprint density at radius 2 is 1.29 bits per heavy atom. The number of likely N-dealkylation sites (tertiary alicyclic amines) is 1. The number of nitrogens with two attached hydrogens (primary N) is 1. The number of allylic oxidation sites excluding steroid dienone is 3. The Labute approximate surface area is 784 Å². The van der Waals surface area contributed by atoms with E-state index < -0.39 is 199 Å². The first kappa shape index (κ1) is 109. The van der Waals surface area contributed by atoms with Gasteiger partial charge in [0.25, 0.3) is 26.7 Å². The predicted octanol–water partition coefficient (Wildman–Crippen LogP) is 10.2. The van der Waals surface area contributed by atoms with E-state index in [1.807, 2.05) is 13.0 Å². The molecule has 0 bridgehead atoms. The second-order valence-electron chi connectivity index (χ2n) is 35.1. The lowest BCUT2D eigenvalue weighted by atomic mass is 9.77. The Bertz CT molecular complexity index is 5280. The van der Waals surface area contributed by atoms with Crippen LogP contribution in [0.25, 0.3) is 17.0 Å². The molecule has 2 aliphatic rings. The van der Waals surface area contributed by atoms with Crippen LogP contribution in [0.4, 0.5) is 10.5 Å². The summed E-state index contributed by atoms with van der Waals surface area (Å²) < 4.78 is 80.9. The molecule has 730 valence electrons. The molecule has 14 N–H and O–H groups in total. The van der Waals surface area contributed by atoms with Gasteiger partial charge in [-0.05, 0) is 141 Å². The van der Waals surface area contributed by atoms with E-state index in [-0.39, 0.29) is 114 Å². The Balaban J connectivity index is 0.906. The van der Waals surface area contributed by atoms with E-state index in [0.717, 1.165) is 53.3 Å². The summed E-state index contributed by atoms with van der Waals surface area (Å²) in [5.74, 6) is -14.6. The van der Waals surface area contributed by atoms with Gasteiger partial charge in [0, 0.05) is 124 Å². The summed E-state index contributed by atoms with van der Waals surface area (Å²) >= 11 is 0.754. The molecule has 39 heteroatoms. The average molecular weight is 1920 g/mol. The van der Waals surface area contributed by atoms with Crippen LogP contribution < -0.4 is 42.5 Å². The van der Waals surface area contributed by atoms with E-state index in [1.54, 1.807) is 83.8 Å². The Morgan fingerprint density at radius 1 is 0.642 bits per heavy atom. The monoisotopic (exact) mass is 1920 g/mol. The van der Waals surface area contributed by atoms with Crippen molar-refractivity contribution in [2.75, 3.05) is 42.6 Å². The molecule has 5 aromatic rings. The van der Waals surface area contributed by atoms with Gasteiger partial charge in [-0.25, -0.2) is 14.0 Å². The van der Waals surface area contributed by atoms with Crippen molar-refractivity contribution in [1.82, 2.24) is 36.8 Å². The summed E-state index contributed by atoms with van der Waals surface area (Å²) in [5, 5.41) is 53.4. The highest BCUT2D eigenvalue weighted by molar-refractivity contribution is 8.00. The fraction of sp³-hybridized carbons (Fsp3) is 0.516. The lowest BCUT2D eigenvalue weighted by Crippen LogP contribution is -2.53. The first-order valence-corrected chi connectivity index (χ1v) is 49.2. The number of amides is 8. The van der Waals surface area contributed by atoms with Crippen molar-refractivity contribution in [2.24, 2.45) is 17.6 Å². The number of carboxylic acid groups (broad SMARTS) is 4. The number of hydrogen-bond acceptors (Lipinski definition) is 23. The fourth-order valence-corrected chi connectivity index (χ4v) is 18.6. The van der Waals surface area contributed by atoms with Crippen molar-refractivity contribution in [3.8, 4) is 0 Å². The molecule has 134 heavy (non-hydrogen) atoms. The minimum atomic E-state index is -4.76. The second kappa shape index (κ2) is 52.9. The van der Waals surface area contributed by atoms with Crippen LogP contribution in [0.5, 0.6) is 0 Å². The van der Waals surface area contributed by atoms with E-state index >= 15 is 0 Å². The van der Waals surface area contributed by atoms with E-state index in [9.17, 15) is 113 Å². The number of ether oxygens (including phenoxy) is 1. The molecule has 2 aliphatic heterocycles. The number of nitrogens with zero attached hydrogens (tertiary/aromatic N) is 2. The predicted molar refractivity (Wildman–Crippen MR) is 499 cm³/mol. The molecular formula is C95H126N9O27S3+. The number of anilines is 1. The molecule has 7 rings (SSSR count). The quantitative estimate of drug-likeness (QED) is 0.00429. The second-order valence-corrected chi connectivity index (χ2v) is 39.3. The van der Waals surface area contributed by atoms with E-state index in [1.165, 1.54) is 23.8 Å². The van der Waals surface area contributed by atoms with E-state index in [0.29, 0.717) is 83.9 Å². The van der Waals surface area contributed by atoms with Gasteiger partial charge in [-0.3, -0.25) is 76.3 Å². The van der Waals surface area contributed by atoms with Gasteiger partial charge in [-0.15, -0.1) is 11.8 Å². The summed E-state index contributed by atoms with van der Waals surface area (Å²) in [6.45, 7) is 11.4. The number of Topliss-reactive ketones (excluding diaryl/α,β-unsaturated/α-hetero) is 3. The molecule has 0 saturated carbocycles. The van der Waals surface area contributed by atoms with Crippen LogP contribution in [-0.4, -0.2) is 214 Å². The lowest BCUT2D eigenvalue weighted by molar-refractivity contribution is -0.144. The number of carboxylic acids is 4. The SMILES string of the molecule is CCCCC(CC)c1ccc2c(C(C)(C)C)cc(/C=C/C=C3\N(CCCS(=O)(=O)O)c4ccc(S(=O)(=O)O)cc4C3(C)CCCC(=O)NCCN3C(=O)CC(SC[C@H](CC(=O)[C@H](CC(=O)O)NC(=O)[C@@H](N)CNC(=O)[C@@H](CC(=O)[C@H](Cc4ccccc4)NC(=O)CCCCCCCCC(=O)CC[C@H](NC(=O)N[C@@H](CCC(=O)O)OC=O)C(=O)O)Cc4ccccc4)C(=O)O)C3=O)[o+]c2c1. The number of carbonyl (C=O) groups excluding carboxylic acids is 11. The van der Waals surface area contributed by atoms with Gasteiger partial charge < -0.3 is 67.7 Å². The zero-order valence-electron chi connectivity index (χ0n) is 76.4. The third-order valence-corrected chi connectivity index (χ3v) is 26.7. The maximum Gasteiger partial charge on any atom is 0.361 e. The summed E-state index contributed by atoms with van der Waals surface area (Å²) in [5.41, 5.74) is 10.5. The highest BCUT2D eigenvalue weighted by atomic mass is 32.2. The van der Waals surface area contributed by atoms with Crippen LogP contribution in [0, 0.1) is 11.8 Å². The molecule has 0 radical (unpaired) electrons. The summed E-state index contributed by atoms with van der Waals surface area (Å²) in [6, 6.07) is 22.7. The first-order chi connectivity index (χ1) is 63.4. The van der Waals surface area contributed by atoms with Gasteiger partial charge in [0.05, 0.1) is 52.1 Å². The minimum absolute atomic E-state index is 0.00154. The number of fused-ring (bicyclic) bond motifs is 2. The summed E-state index contributed by atoms with van der Waals surface area (Å²) in [6.07, 6.45) is 8.18. The van der Waals surface area contributed by atoms with Gasteiger partial charge in [-0.1, -0.05) is 146 Å². The minimum Gasteiger partial charge on any atom is -0.481 e. The van der Waals surface area contributed by atoms with Crippen LogP contribution in [0.2, 0.25) is 0 Å². The topological polar surface area (TPSA) is 571 Å². The lowest BCUT2D eigenvalue weighted by Gasteiger charge is -2.30. The Kier molecular flexibility index (Phi) is 43.1. The zero-order valence-corrected chi connectivity index (χ0v) is 78.9. The number of carbonyl (C=O) groups is 15. The van der Waals surface area contributed by atoms with Gasteiger partial charge in [-0.2, -0.15) is 16.8 Å². The van der Waals surface area contributed by atoms with Crippen LogP contribution in [0.1, 0.15) is 235 Å². The number of ketones is 3. The largest absolute Gasteiger partial charge is 0.481 e. The van der Waals surface area contributed by atoms with Crippen molar-refractivity contribution < 1.29 is 127 Å². The fourth-order valence-electron chi connectivity index (χ4n) is 16.3. The first-order valence-electron chi connectivity index (χ1n) is 45.1. The van der Waals surface area contributed by atoms with Crippen molar-refractivity contribution in [1.29, 1.82) is 0 Å². The molecule has 1 saturated heterocycles. The molecule has 36 nitrogen and oxygen atoms in total. The standard InChI is InChI=1S/C95H125N9O27S3/c1-7-9-29-62(8-2)63-35-38-69-70(94(3,4)5)53-67(131-79(69)52-63)31-22-32-81-95(6,71-54-68(134(127,128)129)37-40-76(71)103(81)45-24-47-133(124,125)126)43-23-34-82(109)97-44-46-104-85(111)56-80(90(104)118)132-58-65(91(119)120)51-78(108)75(55-87(114)115)100-89(117)72(96)57-98-88(116)64(48-60-25-16-14-17-26-60)50-77(107)74(49-61-27-18-15-19-28-61)99-83(110)33-21-13-11-10-12-20-30-66(106)36-39-73(92(121)122)101-93(123)102-84(130-59-105)41-42-86(112)113/h14-19,22,25-28,31-32,35,37-38,40,52-54,59,62,64-65,72-75,80,84H,7-13,20-21,23-24,29-30,33-34,36,39,41-51,55-58,96H2,1-6H3,(H11-,97,98,99,100,101,102,109,110,112,113,114,115,116,117,119,120,121,122,123,124,125,126,127,128,129)/p+1/b31-22+,81-32-/t62?,64-,65+,72+,73+,74+,75+,80?,84-,95?/m1/s1. The van der Waals surface area contributed by atoms with Crippen molar-refractivity contribution in [2.45, 2.75) is 266 Å². The number of nitrogens with one attached hydrogen (secondary N) is 6. The number of thioether (sulfide) groups is 1. The number of rotatable bonds is 61. The van der Waals surface area contributed by atoms with Crippen LogP contribution in [0.3, 0.4) is 0 Å². The average Bonchev–Trinajstić information content (AvgIpc) is 1.57. The molecule has 3 heterocycles. The Morgan fingerprint density at radius 3 is 1.91 bits per heavy atom. The summed E-state index contributed by atoms with van der Waals surface area (Å²) in [4.78, 5) is 197. The summed E-state index contributed by atoms with van der Waals surface area (Å²) in [7, 11) is -9.19. The Hall–Kier alpha value is -11.7. The number of urea groups is 1. The van der Waals surface area contributed by atoms with Crippen LogP contribution >= 0.6 is 11.8 Å². The number of aliphatic carboxylic acids is 4. The molecule has 10 atom stereocenters. The van der Waals surface area contributed by atoms with Gasteiger partial charge in [0.1, 0.15) is 17.9 Å². The maximum atomic E-state index is 14.5. The maximum absolute atomic E-state index is 14.5. The molecular weight excluding hydrogens is 1800 g/mol. The zero-order chi connectivity index (χ0) is 98.6. The molecule has 3 unspecified atom stereocenters. The normalized spacial score (nSPS) is 16.6. The highest BCUT2D eigenvalue weighted by Gasteiger charge is 2.45. The van der Waals surface area contributed by atoms with Gasteiger partial charge in [0.15, 0.2) is 17.8 Å². The van der Waals surface area contributed by atoms with Gasteiger partial charge >= 0.3 is 41.3 Å². The van der Waals surface area contributed by atoms with Gasteiger partial charge in [0.2, 0.25) is 35.4 Å². The smallest absolute Gasteiger partial charge is 0.361 e. The molecule has 0 aliphatic carbocycles.